The Kier molecular flexibility index (Phi) is 8.26. The fourth-order valence-electron chi connectivity index (χ4n) is 9.67. The van der Waals surface area contributed by atoms with Crippen LogP contribution in [0.5, 0.6) is 0 Å². The van der Waals surface area contributed by atoms with Crippen LogP contribution in [0.4, 0.5) is 0 Å². The number of carbonyl (C=O) groups excluding carboxylic acids is 1. The van der Waals surface area contributed by atoms with Gasteiger partial charge < -0.3 is 15.0 Å². The van der Waals surface area contributed by atoms with Crippen molar-refractivity contribution >= 4 is 16.0 Å². The van der Waals surface area contributed by atoms with Gasteiger partial charge in [-0.25, -0.2) is 8.42 Å². The zero-order valence-corrected chi connectivity index (χ0v) is 24.0. The van der Waals surface area contributed by atoms with Gasteiger partial charge in [0.05, 0.1) is 22.0 Å². The molecule has 0 aromatic carbocycles. The lowest BCUT2D eigenvalue weighted by molar-refractivity contribution is -0.130. The minimum atomic E-state index is -4.38. The summed E-state index contributed by atoms with van der Waals surface area (Å²) in [4.78, 5) is 12.7. The number of rotatable bonds is 8. The van der Waals surface area contributed by atoms with E-state index in [4.69, 9.17) is 0 Å². The Morgan fingerprint density at radius 2 is 1.67 bits per heavy atom. The Hall–Kier alpha value is -0.660. The second-order valence-corrected chi connectivity index (χ2v) is 15.4. The van der Waals surface area contributed by atoms with Gasteiger partial charge in [-0.3, -0.25) is 4.79 Å². The highest BCUT2D eigenvalue weighted by molar-refractivity contribution is 7.85. The van der Waals surface area contributed by atoms with E-state index in [1.165, 1.54) is 44.9 Å². The molecule has 7 heteroatoms. The molecule has 2 N–H and O–H groups in total. The third-order valence-electron chi connectivity index (χ3n) is 11.8. The van der Waals surface area contributed by atoms with Gasteiger partial charge in [-0.2, -0.15) is 0 Å². The lowest BCUT2D eigenvalue weighted by Crippen LogP contribution is -2.54. The van der Waals surface area contributed by atoms with Gasteiger partial charge in [-0.05, 0) is 116 Å². The first kappa shape index (κ1) is 28.4. The van der Waals surface area contributed by atoms with E-state index in [9.17, 15) is 22.9 Å². The van der Waals surface area contributed by atoms with Gasteiger partial charge in [-0.15, -0.1) is 0 Å². The van der Waals surface area contributed by atoms with Crippen LogP contribution in [-0.4, -0.2) is 41.9 Å². The zero-order valence-electron chi connectivity index (χ0n) is 23.2. The number of aliphatic hydroxyl groups is 1. The maximum Gasteiger partial charge on any atom is 0.220 e. The highest BCUT2D eigenvalue weighted by Crippen LogP contribution is 2.68. The molecule has 0 spiro atoms. The normalized spacial score (nSPS) is 42.2. The van der Waals surface area contributed by atoms with Crippen molar-refractivity contribution < 1.29 is 22.9 Å². The predicted octanol–water partition coefficient (Wildman–Crippen LogP) is 5.11. The van der Waals surface area contributed by atoms with Gasteiger partial charge in [0.1, 0.15) is 0 Å². The summed E-state index contributed by atoms with van der Waals surface area (Å²) in [6.07, 6.45) is 12.0. The summed E-state index contributed by atoms with van der Waals surface area (Å²) in [6.45, 7) is 11.0. The molecule has 6 nitrogen and oxygen atoms in total. The SMILES string of the molecule is CC(C)[C@H](CS(=O)(=O)[O-])NC(=O)CC[C@@H](C)[C@H]1CC[C@H]2[C@@H]3CC[C@@H]4C[C@H](O)CC[C@]4(C)[C@H]3CC[C@]12C. The zero-order chi connectivity index (χ0) is 26.5. The lowest BCUT2D eigenvalue weighted by Gasteiger charge is -2.61. The number of hydrogen-bond acceptors (Lipinski definition) is 5. The smallest absolute Gasteiger partial charge is 0.220 e. The third kappa shape index (κ3) is 5.54. The summed E-state index contributed by atoms with van der Waals surface area (Å²) < 4.78 is 33.7. The Bertz CT molecular complexity index is 905. The van der Waals surface area contributed by atoms with Gasteiger partial charge >= 0.3 is 0 Å². The molecule has 0 bridgehead atoms. The number of amides is 1. The summed E-state index contributed by atoms with van der Waals surface area (Å²) in [6, 6.07) is -0.628. The van der Waals surface area contributed by atoms with Crippen molar-refractivity contribution in [1.29, 1.82) is 0 Å². The van der Waals surface area contributed by atoms with Crippen LogP contribution in [0.3, 0.4) is 0 Å². The fraction of sp³-hybridized carbons (Fsp3) is 0.966. The summed E-state index contributed by atoms with van der Waals surface area (Å²) in [5.74, 6) is 3.34. The van der Waals surface area contributed by atoms with Crippen LogP contribution in [0.1, 0.15) is 105 Å². The van der Waals surface area contributed by atoms with Crippen LogP contribution in [0, 0.1) is 52.3 Å². The van der Waals surface area contributed by atoms with Crippen LogP contribution in [-0.2, 0) is 14.9 Å². The minimum Gasteiger partial charge on any atom is -0.748 e. The second-order valence-electron chi connectivity index (χ2n) is 14.0. The van der Waals surface area contributed by atoms with Gasteiger partial charge in [0.15, 0.2) is 0 Å². The highest BCUT2D eigenvalue weighted by Gasteiger charge is 2.60. The van der Waals surface area contributed by atoms with E-state index in [0.29, 0.717) is 35.0 Å². The molecule has 0 saturated heterocycles. The maximum atomic E-state index is 12.7. The molecule has 1 amide bonds. The largest absolute Gasteiger partial charge is 0.748 e. The molecule has 0 aliphatic heterocycles. The number of carbonyl (C=O) groups is 1. The van der Waals surface area contributed by atoms with Gasteiger partial charge in [-0.1, -0.05) is 34.6 Å². The molecule has 4 aliphatic rings. The van der Waals surface area contributed by atoms with Crippen LogP contribution < -0.4 is 5.32 Å². The first-order valence-electron chi connectivity index (χ1n) is 14.7. The quantitative estimate of drug-likeness (QED) is 0.429. The van der Waals surface area contributed by atoms with Crippen molar-refractivity contribution in [2.24, 2.45) is 52.3 Å². The van der Waals surface area contributed by atoms with E-state index in [-0.39, 0.29) is 17.9 Å². The van der Waals surface area contributed by atoms with E-state index in [2.05, 4.69) is 26.1 Å². The molecule has 208 valence electrons. The van der Waals surface area contributed by atoms with Gasteiger partial charge in [0, 0.05) is 12.5 Å². The molecule has 4 fully saturated rings. The van der Waals surface area contributed by atoms with Gasteiger partial charge in [0.25, 0.3) is 0 Å². The van der Waals surface area contributed by atoms with Crippen LogP contribution >= 0.6 is 0 Å². The Labute approximate surface area is 219 Å². The molecule has 0 heterocycles. The molecule has 4 saturated carbocycles. The minimum absolute atomic E-state index is 0.0945. The second kappa shape index (κ2) is 10.5. The van der Waals surface area contributed by atoms with E-state index in [1.807, 2.05) is 13.8 Å². The Morgan fingerprint density at radius 1 is 1.00 bits per heavy atom. The topological polar surface area (TPSA) is 107 Å². The van der Waals surface area contributed by atoms with Crippen molar-refractivity contribution in [2.75, 3.05) is 5.75 Å². The third-order valence-corrected chi connectivity index (χ3v) is 12.5. The van der Waals surface area contributed by atoms with Crippen molar-refractivity contribution in [3.8, 4) is 0 Å². The fourth-order valence-corrected chi connectivity index (χ4v) is 10.6. The number of fused-ring (bicyclic) bond motifs is 5. The van der Waals surface area contributed by atoms with Crippen LogP contribution in [0.25, 0.3) is 0 Å². The van der Waals surface area contributed by atoms with Gasteiger partial charge in [0.2, 0.25) is 5.91 Å². The van der Waals surface area contributed by atoms with Crippen molar-refractivity contribution in [2.45, 2.75) is 117 Å². The van der Waals surface area contributed by atoms with E-state index in [0.717, 1.165) is 37.0 Å². The predicted molar refractivity (Wildman–Crippen MR) is 141 cm³/mol. The van der Waals surface area contributed by atoms with E-state index >= 15 is 0 Å². The molecule has 10 atom stereocenters. The van der Waals surface area contributed by atoms with Crippen molar-refractivity contribution in [1.82, 2.24) is 5.32 Å². The molecule has 0 aromatic heterocycles. The standard InChI is InChI=1S/C29H51NO5S/c1-18(2)26(17-36(33,34)35)30-27(32)11-6-19(3)23-9-10-24-22-8-7-20-16-21(31)12-14-28(20,4)25(22)13-15-29(23,24)5/h18-26,31H,6-17H2,1-5H3,(H,30,32)(H,33,34,35)/p-1/t19-,20-,21-,22+,23-,24+,25+,26+,28+,29-/m1/s1. The van der Waals surface area contributed by atoms with Crippen molar-refractivity contribution in [3.05, 3.63) is 0 Å². The molecule has 0 unspecified atom stereocenters. The van der Waals surface area contributed by atoms with E-state index in [1.54, 1.807) is 0 Å². The van der Waals surface area contributed by atoms with Crippen molar-refractivity contribution in [3.63, 3.8) is 0 Å². The highest BCUT2D eigenvalue weighted by atomic mass is 32.2. The molecule has 0 aromatic rings. The molecular weight excluding hydrogens is 474 g/mol. The first-order chi connectivity index (χ1) is 16.7. The lowest BCUT2D eigenvalue weighted by atomic mass is 9.44. The molecule has 36 heavy (non-hydrogen) atoms. The molecule has 4 aliphatic carbocycles. The molecule has 0 radical (unpaired) electrons. The monoisotopic (exact) mass is 524 g/mol. The first-order valence-corrected chi connectivity index (χ1v) is 16.2. The van der Waals surface area contributed by atoms with Crippen LogP contribution in [0.2, 0.25) is 0 Å². The number of hydrogen-bond donors (Lipinski definition) is 2. The summed E-state index contributed by atoms with van der Waals surface area (Å²) in [7, 11) is -4.38. The number of aliphatic hydroxyl groups excluding tert-OH is 1. The Morgan fingerprint density at radius 3 is 2.33 bits per heavy atom. The van der Waals surface area contributed by atoms with E-state index < -0.39 is 21.9 Å². The average molecular weight is 525 g/mol. The molecular formula is C29H50NO5S-. The average Bonchev–Trinajstić information content (AvgIpc) is 3.14. The summed E-state index contributed by atoms with van der Waals surface area (Å²) in [5.41, 5.74) is 0.737. The summed E-state index contributed by atoms with van der Waals surface area (Å²) >= 11 is 0. The maximum absolute atomic E-state index is 12.7. The molecule has 4 rings (SSSR count). The summed E-state index contributed by atoms with van der Waals surface area (Å²) in [5, 5.41) is 13.1. The van der Waals surface area contributed by atoms with Crippen LogP contribution in [0.15, 0.2) is 0 Å². The Balaban J connectivity index is 1.36. The number of nitrogens with one attached hydrogen (secondary N) is 1.